The maximum atomic E-state index is 6.70. The first-order chi connectivity index (χ1) is 26.7. The first-order valence-corrected chi connectivity index (χ1v) is 19.4. The number of rotatable bonds is 6. The third-order valence-electron chi connectivity index (χ3n) is 11.7. The molecule has 0 fully saturated rings. The number of fused-ring (bicyclic) bond motifs is 3. The van der Waals surface area contributed by atoms with Gasteiger partial charge in [-0.2, -0.15) is 0 Å². The van der Waals surface area contributed by atoms with Gasteiger partial charge in [0.25, 0.3) is 0 Å². The Morgan fingerprint density at radius 2 is 0.964 bits per heavy atom. The maximum Gasteiger partial charge on any atom is 0.242 e. The van der Waals surface area contributed by atoms with Crippen molar-refractivity contribution in [2.75, 3.05) is 4.90 Å². The van der Waals surface area contributed by atoms with Crippen molar-refractivity contribution in [2.45, 2.75) is 41.5 Å². The normalized spacial score (nSPS) is 11.8. The van der Waals surface area contributed by atoms with Crippen molar-refractivity contribution >= 4 is 94.4 Å². The number of aryl methyl sites for hydroxylation is 6. The summed E-state index contributed by atoms with van der Waals surface area (Å²) >= 11 is 0. The highest BCUT2D eigenvalue weighted by Gasteiger charge is 2.28. The van der Waals surface area contributed by atoms with E-state index in [1.54, 1.807) is 0 Å². The lowest BCUT2D eigenvalue weighted by atomic mass is 9.36. The first-order valence-electron chi connectivity index (χ1n) is 19.4. The molecule has 10 rings (SSSR count). The predicted octanol–water partition coefficient (Wildman–Crippen LogP) is 12.3. The number of hydrogen-bond acceptors (Lipinski definition) is 2. The molecule has 1 aromatic heterocycles. The molecule has 0 N–H and O–H groups in total. The Morgan fingerprint density at radius 1 is 0.418 bits per heavy atom. The fraction of sp³-hybridized carbons (Fsp3) is 0.115. The van der Waals surface area contributed by atoms with Gasteiger partial charge in [-0.05, 0) is 110 Å². The molecular formula is C52H42BNO. The van der Waals surface area contributed by atoms with Crippen LogP contribution in [0.3, 0.4) is 0 Å². The van der Waals surface area contributed by atoms with Crippen LogP contribution in [0.4, 0.5) is 17.1 Å². The van der Waals surface area contributed by atoms with Crippen molar-refractivity contribution in [3.05, 3.63) is 179 Å². The van der Waals surface area contributed by atoms with Gasteiger partial charge in [-0.1, -0.05) is 154 Å². The minimum atomic E-state index is 0.0764. The van der Waals surface area contributed by atoms with E-state index in [2.05, 4.69) is 186 Å². The molecule has 10 aromatic rings. The zero-order valence-corrected chi connectivity index (χ0v) is 32.3. The predicted molar refractivity (Wildman–Crippen MR) is 238 cm³/mol. The minimum Gasteiger partial charge on any atom is -0.454 e. The molecule has 55 heavy (non-hydrogen) atoms. The lowest BCUT2D eigenvalue weighted by molar-refractivity contribution is 0.669. The Kier molecular flexibility index (Phi) is 7.64. The van der Waals surface area contributed by atoms with Crippen LogP contribution >= 0.6 is 0 Å². The second-order valence-electron chi connectivity index (χ2n) is 15.8. The van der Waals surface area contributed by atoms with Gasteiger partial charge in [0.1, 0.15) is 5.58 Å². The van der Waals surface area contributed by atoms with E-state index >= 15 is 0 Å². The van der Waals surface area contributed by atoms with Crippen LogP contribution in [0.1, 0.15) is 33.4 Å². The van der Waals surface area contributed by atoms with E-state index in [0.29, 0.717) is 0 Å². The highest BCUT2D eigenvalue weighted by molar-refractivity contribution is 6.97. The molecule has 0 bridgehead atoms. The fourth-order valence-electron chi connectivity index (χ4n) is 9.58. The Labute approximate surface area is 323 Å². The average Bonchev–Trinajstić information content (AvgIpc) is 3.55. The molecule has 0 aliphatic heterocycles. The molecule has 0 aliphatic rings. The van der Waals surface area contributed by atoms with Crippen molar-refractivity contribution in [3.8, 4) is 0 Å². The van der Waals surface area contributed by atoms with Crippen molar-refractivity contribution in [1.82, 2.24) is 0 Å². The highest BCUT2D eigenvalue weighted by atomic mass is 16.3. The molecule has 0 amide bonds. The van der Waals surface area contributed by atoms with Gasteiger partial charge in [0, 0.05) is 21.8 Å². The Balaban J connectivity index is 1.30. The molecule has 0 saturated heterocycles. The van der Waals surface area contributed by atoms with Crippen LogP contribution in [-0.4, -0.2) is 6.71 Å². The van der Waals surface area contributed by atoms with Gasteiger partial charge in [-0.15, -0.1) is 0 Å². The Bertz CT molecular complexity index is 3030. The Morgan fingerprint density at radius 3 is 1.64 bits per heavy atom. The van der Waals surface area contributed by atoms with Crippen molar-refractivity contribution in [1.29, 1.82) is 0 Å². The number of furan rings is 1. The van der Waals surface area contributed by atoms with E-state index in [1.165, 1.54) is 82.1 Å². The van der Waals surface area contributed by atoms with E-state index in [0.717, 1.165) is 39.0 Å². The quantitative estimate of drug-likeness (QED) is 0.126. The van der Waals surface area contributed by atoms with Gasteiger partial charge in [0.05, 0.1) is 11.4 Å². The molecule has 0 unspecified atom stereocenters. The summed E-state index contributed by atoms with van der Waals surface area (Å²) in [6.07, 6.45) is 0. The molecule has 0 atom stereocenters. The van der Waals surface area contributed by atoms with Crippen LogP contribution in [0.15, 0.2) is 150 Å². The fourth-order valence-corrected chi connectivity index (χ4v) is 9.58. The van der Waals surface area contributed by atoms with Gasteiger partial charge >= 0.3 is 0 Å². The van der Waals surface area contributed by atoms with Gasteiger partial charge in [-0.25, -0.2) is 0 Å². The van der Waals surface area contributed by atoms with Crippen LogP contribution in [0.2, 0.25) is 0 Å². The molecule has 0 saturated carbocycles. The lowest BCUT2D eigenvalue weighted by Gasteiger charge is -2.29. The lowest BCUT2D eigenvalue weighted by Crippen LogP contribution is -2.52. The number of para-hydroxylation sites is 3. The SMILES string of the molecule is Cc1cc(C)cc(B(c2cc(C)cc(C)c2)c2cc(C)c3ccc4c(N(c5ccccc5)c5cccc6c5oc5ccccc56)cc(C)c5ccc2c3c54)c1. The molecule has 3 heteroatoms. The number of hydrogen-bond donors (Lipinski definition) is 0. The summed E-state index contributed by atoms with van der Waals surface area (Å²) in [5.74, 6) is 0. The number of nitrogens with zero attached hydrogens (tertiary/aromatic N) is 1. The first kappa shape index (κ1) is 33.3. The highest BCUT2D eigenvalue weighted by Crippen LogP contribution is 2.47. The monoisotopic (exact) mass is 707 g/mol. The molecule has 264 valence electrons. The molecule has 0 spiro atoms. The van der Waals surface area contributed by atoms with Crippen LogP contribution in [0.5, 0.6) is 0 Å². The van der Waals surface area contributed by atoms with E-state index < -0.39 is 0 Å². The summed E-state index contributed by atoms with van der Waals surface area (Å²) in [6, 6.07) is 54.1. The summed E-state index contributed by atoms with van der Waals surface area (Å²) in [4.78, 5) is 2.41. The van der Waals surface area contributed by atoms with Crippen LogP contribution in [0.25, 0.3) is 54.3 Å². The second-order valence-corrected chi connectivity index (χ2v) is 15.8. The Hall–Kier alpha value is -6.32. The van der Waals surface area contributed by atoms with Crippen molar-refractivity contribution in [2.24, 2.45) is 0 Å². The topological polar surface area (TPSA) is 16.4 Å². The summed E-state index contributed by atoms with van der Waals surface area (Å²) < 4.78 is 6.70. The van der Waals surface area contributed by atoms with E-state index in [-0.39, 0.29) is 6.71 Å². The molecule has 2 nitrogen and oxygen atoms in total. The van der Waals surface area contributed by atoms with Gasteiger partial charge in [-0.3, -0.25) is 0 Å². The van der Waals surface area contributed by atoms with Crippen molar-refractivity contribution in [3.63, 3.8) is 0 Å². The second kappa shape index (κ2) is 12.6. The average molecular weight is 708 g/mol. The van der Waals surface area contributed by atoms with Crippen LogP contribution in [-0.2, 0) is 0 Å². The van der Waals surface area contributed by atoms with Gasteiger partial charge in [0.15, 0.2) is 5.58 Å². The maximum absolute atomic E-state index is 6.70. The number of anilines is 3. The van der Waals surface area contributed by atoms with Crippen LogP contribution in [0, 0.1) is 41.5 Å². The third kappa shape index (κ3) is 5.33. The van der Waals surface area contributed by atoms with Crippen molar-refractivity contribution < 1.29 is 4.42 Å². The molecular weight excluding hydrogens is 665 g/mol. The summed E-state index contributed by atoms with van der Waals surface area (Å²) in [6.45, 7) is 13.5. The molecule has 1 heterocycles. The summed E-state index contributed by atoms with van der Waals surface area (Å²) in [7, 11) is 0. The van der Waals surface area contributed by atoms with E-state index in [1.807, 2.05) is 6.07 Å². The zero-order chi connectivity index (χ0) is 37.5. The standard InChI is InChI=1S/C52H42BNO/c1-31-23-32(2)26-37(25-31)53(38-27-33(3)24-34(4)28-38)46-29-35(5)40-20-22-45-48(30-36(6)41-19-21-44(46)50(40)51(41)45)54(39-13-8-7-9-14-39)47-17-12-16-43-42-15-10-11-18-49(42)55-52(43)47/h7-30H,1-6H3. The summed E-state index contributed by atoms with van der Waals surface area (Å²) in [5.41, 5.74) is 16.8. The molecule has 9 aromatic carbocycles. The molecule has 0 radical (unpaired) electrons. The smallest absolute Gasteiger partial charge is 0.242 e. The van der Waals surface area contributed by atoms with Gasteiger partial charge < -0.3 is 9.32 Å². The third-order valence-corrected chi connectivity index (χ3v) is 11.7. The van der Waals surface area contributed by atoms with Gasteiger partial charge in [0.2, 0.25) is 6.71 Å². The zero-order valence-electron chi connectivity index (χ0n) is 32.3. The van der Waals surface area contributed by atoms with Crippen LogP contribution < -0.4 is 21.3 Å². The van der Waals surface area contributed by atoms with E-state index in [4.69, 9.17) is 4.42 Å². The van der Waals surface area contributed by atoms with E-state index in [9.17, 15) is 0 Å². The number of benzene rings is 9. The summed E-state index contributed by atoms with van der Waals surface area (Å²) in [5, 5.41) is 10.0. The largest absolute Gasteiger partial charge is 0.454 e. The minimum absolute atomic E-state index is 0.0764. The molecule has 0 aliphatic carbocycles.